The number of fused-ring (bicyclic) bond motifs is 1. The molecule has 3 heterocycles. The van der Waals surface area contributed by atoms with Crippen LogP contribution >= 0.6 is 0 Å². The molecule has 8 nitrogen and oxygen atoms in total. The van der Waals surface area contributed by atoms with E-state index >= 15 is 0 Å². The summed E-state index contributed by atoms with van der Waals surface area (Å²) in [5, 5.41) is 2.48. The second-order valence-corrected chi connectivity index (χ2v) is 7.26. The highest BCUT2D eigenvalue weighted by Gasteiger charge is 2.20. The van der Waals surface area contributed by atoms with Crippen LogP contribution in [0.4, 0.5) is 25.1 Å². The Morgan fingerprint density at radius 3 is 2.55 bits per heavy atom. The zero-order valence-electron chi connectivity index (χ0n) is 18.0. The number of aryl methyl sites for hydroxylation is 1. The van der Waals surface area contributed by atoms with Gasteiger partial charge in [0, 0.05) is 31.1 Å². The highest BCUT2D eigenvalue weighted by molar-refractivity contribution is 6.06. The van der Waals surface area contributed by atoms with E-state index in [2.05, 4.69) is 20.0 Å². The number of hydrogen-bond donors (Lipinski definition) is 1. The number of rotatable bonds is 4. The van der Waals surface area contributed by atoms with Crippen molar-refractivity contribution in [3.63, 3.8) is 0 Å². The van der Waals surface area contributed by atoms with Crippen molar-refractivity contribution < 1.29 is 23.1 Å². The second-order valence-electron chi connectivity index (χ2n) is 7.26. The third kappa shape index (κ3) is 4.22. The first-order valence-corrected chi connectivity index (χ1v) is 9.80. The van der Waals surface area contributed by atoms with Gasteiger partial charge in [-0.2, -0.15) is 0 Å². The van der Waals surface area contributed by atoms with Crippen molar-refractivity contribution in [1.29, 1.82) is 0 Å². The summed E-state index contributed by atoms with van der Waals surface area (Å²) >= 11 is 0. The van der Waals surface area contributed by atoms with Gasteiger partial charge in [-0.25, -0.2) is 23.5 Å². The quantitative estimate of drug-likeness (QED) is 0.496. The maximum atomic E-state index is 14.1. The van der Waals surface area contributed by atoms with Crippen molar-refractivity contribution in [3.8, 4) is 11.3 Å². The minimum Gasteiger partial charge on any atom is -0.453 e. The van der Waals surface area contributed by atoms with E-state index in [1.165, 1.54) is 19.1 Å². The number of nitrogens with one attached hydrogen (secondary N) is 1. The van der Waals surface area contributed by atoms with Gasteiger partial charge in [0.1, 0.15) is 23.1 Å². The number of methoxy groups -OCH3 is 1. The summed E-state index contributed by atoms with van der Waals surface area (Å²) < 4.78 is 33.7. The summed E-state index contributed by atoms with van der Waals surface area (Å²) in [6.45, 7) is 1.84. The lowest BCUT2D eigenvalue weighted by atomic mass is 10.1. The van der Waals surface area contributed by atoms with Crippen LogP contribution in [0, 0.1) is 18.6 Å². The molecule has 2 amide bonds. The fourth-order valence-corrected chi connectivity index (χ4v) is 3.37. The molecule has 0 aliphatic rings. The molecule has 0 radical (unpaired) electrons. The number of benzene rings is 1. The number of anilines is 2. The van der Waals surface area contributed by atoms with E-state index in [1.807, 2.05) is 6.92 Å². The van der Waals surface area contributed by atoms with Gasteiger partial charge in [0.05, 0.1) is 30.3 Å². The van der Waals surface area contributed by atoms with E-state index in [-0.39, 0.29) is 5.56 Å². The zero-order chi connectivity index (χ0) is 23.7. The van der Waals surface area contributed by atoms with Crippen molar-refractivity contribution in [3.05, 3.63) is 77.8 Å². The van der Waals surface area contributed by atoms with Crippen LogP contribution in [0.3, 0.4) is 0 Å². The van der Waals surface area contributed by atoms with Crippen molar-refractivity contribution in [2.24, 2.45) is 0 Å². The first-order chi connectivity index (χ1) is 15.8. The van der Waals surface area contributed by atoms with E-state index in [1.54, 1.807) is 41.2 Å². The monoisotopic (exact) mass is 451 g/mol. The molecule has 1 N–H and O–H groups in total. The largest absolute Gasteiger partial charge is 0.453 e. The molecule has 168 valence electrons. The van der Waals surface area contributed by atoms with Crippen molar-refractivity contribution in [1.82, 2.24) is 14.4 Å². The minimum absolute atomic E-state index is 0.236. The molecule has 33 heavy (non-hydrogen) atoms. The molecule has 0 saturated heterocycles. The predicted molar refractivity (Wildman–Crippen MR) is 118 cm³/mol. The third-order valence-electron chi connectivity index (χ3n) is 5.10. The summed E-state index contributed by atoms with van der Waals surface area (Å²) in [4.78, 5) is 34.1. The molecular weight excluding hydrogens is 432 g/mol. The molecule has 0 spiro atoms. The van der Waals surface area contributed by atoms with E-state index in [9.17, 15) is 18.4 Å². The SMILES string of the molecule is COC(=O)Nc1ccc(-c2cnc3c(C)cc(N(C)C(=O)c4ccc(F)cc4F)cn23)cn1. The highest BCUT2D eigenvalue weighted by atomic mass is 19.1. The third-order valence-corrected chi connectivity index (χ3v) is 5.10. The van der Waals surface area contributed by atoms with Gasteiger partial charge >= 0.3 is 6.09 Å². The Balaban J connectivity index is 1.70. The fraction of sp³-hybridized carbons (Fsp3) is 0.130. The number of hydrogen-bond acceptors (Lipinski definition) is 5. The topological polar surface area (TPSA) is 88.8 Å². The molecule has 0 fully saturated rings. The average molecular weight is 451 g/mol. The number of imidazole rings is 1. The van der Waals surface area contributed by atoms with Gasteiger partial charge in [-0.15, -0.1) is 0 Å². The number of nitrogens with zero attached hydrogens (tertiary/aromatic N) is 4. The Morgan fingerprint density at radius 2 is 1.88 bits per heavy atom. The smallest absolute Gasteiger partial charge is 0.412 e. The van der Waals surface area contributed by atoms with Gasteiger partial charge in [0.25, 0.3) is 5.91 Å². The van der Waals surface area contributed by atoms with Crippen LogP contribution in [0.2, 0.25) is 0 Å². The fourth-order valence-electron chi connectivity index (χ4n) is 3.37. The average Bonchev–Trinajstić information content (AvgIpc) is 3.23. The van der Waals surface area contributed by atoms with Gasteiger partial charge in [0.2, 0.25) is 0 Å². The number of aromatic nitrogens is 3. The minimum atomic E-state index is -0.931. The lowest BCUT2D eigenvalue weighted by molar-refractivity contribution is 0.0989. The summed E-state index contributed by atoms with van der Waals surface area (Å²) in [7, 11) is 2.77. The molecule has 0 unspecified atom stereocenters. The molecule has 4 rings (SSSR count). The van der Waals surface area contributed by atoms with Gasteiger partial charge in [-0.05, 0) is 42.8 Å². The van der Waals surface area contributed by atoms with Crippen LogP contribution in [-0.2, 0) is 4.74 Å². The number of carbonyl (C=O) groups excluding carboxylic acids is 2. The first kappa shape index (κ1) is 21.9. The van der Waals surface area contributed by atoms with Crippen LogP contribution < -0.4 is 10.2 Å². The molecule has 3 aromatic heterocycles. The first-order valence-electron chi connectivity index (χ1n) is 9.80. The molecule has 10 heteroatoms. The second kappa shape index (κ2) is 8.65. The number of halogens is 2. The van der Waals surface area contributed by atoms with Gasteiger partial charge in [-0.3, -0.25) is 14.5 Å². The van der Waals surface area contributed by atoms with Crippen LogP contribution in [0.25, 0.3) is 16.9 Å². The summed E-state index contributed by atoms with van der Waals surface area (Å²) in [5.41, 5.74) is 3.12. The Hall–Kier alpha value is -4.34. The highest BCUT2D eigenvalue weighted by Crippen LogP contribution is 2.27. The Kier molecular flexibility index (Phi) is 5.74. The van der Waals surface area contributed by atoms with E-state index in [0.717, 1.165) is 17.7 Å². The van der Waals surface area contributed by atoms with Gasteiger partial charge in [-0.1, -0.05) is 0 Å². The summed E-state index contributed by atoms with van der Waals surface area (Å²) in [6.07, 6.45) is 4.30. The Bertz CT molecular complexity index is 1370. The molecule has 0 bridgehead atoms. The van der Waals surface area contributed by atoms with Crippen molar-refractivity contribution >= 4 is 29.2 Å². The van der Waals surface area contributed by atoms with Crippen LogP contribution in [0.15, 0.2) is 55.0 Å². The summed E-state index contributed by atoms with van der Waals surface area (Å²) in [6, 6.07) is 7.97. The molecule has 0 atom stereocenters. The summed E-state index contributed by atoms with van der Waals surface area (Å²) in [5.74, 6) is -1.98. The number of ether oxygens (including phenoxy) is 1. The van der Waals surface area contributed by atoms with E-state index in [0.29, 0.717) is 34.5 Å². The Morgan fingerprint density at radius 1 is 1.09 bits per heavy atom. The number of pyridine rings is 2. The van der Waals surface area contributed by atoms with E-state index < -0.39 is 23.6 Å². The lowest BCUT2D eigenvalue weighted by Gasteiger charge is -2.19. The van der Waals surface area contributed by atoms with Crippen LogP contribution in [0.5, 0.6) is 0 Å². The molecule has 1 aromatic carbocycles. The maximum absolute atomic E-state index is 14.1. The molecular formula is C23H19F2N5O3. The van der Waals surface area contributed by atoms with E-state index in [4.69, 9.17) is 0 Å². The van der Waals surface area contributed by atoms with Gasteiger partial charge < -0.3 is 9.64 Å². The van der Waals surface area contributed by atoms with Gasteiger partial charge in [0.15, 0.2) is 0 Å². The van der Waals surface area contributed by atoms with Crippen LogP contribution in [0.1, 0.15) is 15.9 Å². The molecule has 4 aromatic rings. The van der Waals surface area contributed by atoms with Crippen molar-refractivity contribution in [2.75, 3.05) is 24.4 Å². The molecule has 0 saturated carbocycles. The lowest BCUT2D eigenvalue weighted by Crippen LogP contribution is -2.27. The molecule has 0 aliphatic carbocycles. The van der Waals surface area contributed by atoms with Crippen LogP contribution in [-0.4, -0.2) is 40.5 Å². The normalized spacial score (nSPS) is 10.8. The Labute approximate surface area is 187 Å². The standard InChI is InChI=1S/C23H19F2N5O3/c1-13-8-16(29(2)22(31)17-6-5-15(24)9-18(17)25)12-30-19(11-27-21(13)30)14-4-7-20(26-10-14)28-23(32)33-3/h4-12H,1-3H3,(H,26,28,32). The zero-order valence-corrected chi connectivity index (χ0v) is 18.0. The molecule has 0 aliphatic heterocycles. The maximum Gasteiger partial charge on any atom is 0.412 e. The number of carbonyl (C=O) groups is 2. The predicted octanol–water partition coefficient (Wildman–Crippen LogP) is 4.44. The van der Waals surface area contributed by atoms with Crippen molar-refractivity contribution in [2.45, 2.75) is 6.92 Å². The number of amides is 2.